The van der Waals surface area contributed by atoms with Crippen LogP contribution in [0, 0.1) is 12.3 Å². The van der Waals surface area contributed by atoms with Crippen molar-refractivity contribution in [3.05, 3.63) is 0 Å². The van der Waals surface area contributed by atoms with E-state index in [4.69, 9.17) is 6.42 Å². The van der Waals surface area contributed by atoms with Gasteiger partial charge in [-0.2, -0.15) is 0 Å². The van der Waals surface area contributed by atoms with E-state index in [2.05, 4.69) is 36.9 Å². The zero-order valence-corrected chi connectivity index (χ0v) is 8.93. The summed E-state index contributed by atoms with van der Waals surface area (Å²) in [5, 5.41) is 3.48. The highest BCUT2D eigenvalue weighted by Gasteiger charge is 2.28. The summed E-state index contributed by atoms with van der Waals surface area (Å²) in [6, 6.07) is 0.612. The van der Waals surface area contributed by atoms with E-state index in [1.165, 1.54) is 6.42 Å². The summed E-state index contributed by atoms with van der Waals surface area (Å²) in [5.41, 5.74) is -0.0878. The van der Waals surface area contributed by atoms with E-state index in [0.717, 1.165) is 19.6 Å². The van der Waals surface area contributed by atoms with Crippen LogP contribution < -0.4 is 5.32 Å². The summed E-state index contributed by atoms with van der Waals surface area (Å²) >= 11 is 0. The van der Waals surface area contributed by atoms with Crippen molar-refractivity contribution in [2.24, 2.45) is 0 Å². The molecule has 1 aliphatic rings. The number of nitrogens with zero attached hydrogens (tertiary/aromatic N) is 1. The molecular formula is C11H20N2. The molecule has 0 amide bonds. The van der Waals surface area contributed by atoms with Gasteiger partial charge in [0.1, 0.15) is 0 Å². The van der Waals surface area contributed by atoms with Crippen molar-refractivity contribution in [1.82, 2.24) is 10.2 Å². The molecule has 0 aliphatic carbocycles. The summed E-state index contributed by atoms with van der Waals surface area (Å²) in [6.07, 6.45) is 6.69. The first-order chi connectivity index (χ1) is 6.10. The van der Waals surface area contributed by atoms with Crippen LogP contribution in [0.15, 0.2) is 0 Å². The minimum Gasteiger partial charge on any atom is -0.311 e. The topological polar surface area (TPSA) is 15.3 Å². The Labute approximate surface area is 81.7 Å². The first kappa shape index (κ1) is 10.6. The average Bonchev–Trinajstić information content (AvgIpc) is 2.18. The van der Waals surface area contributed by atoms with Crippen LogP contribution in [0.5, 0.6) is 0 Å². The van der Waals surface area contributed by atoms with Crippen LogP contribution in [-0.2, 0) is 0 Å². The largest absolute Gasteiger partial charge is 0.311 e. The number of piperazine rings is 1. The summed E-state index contributed by atoms with van der Waals surface area (Å²) in [6.45, 7) is 9.64. The predicted octanol–water partition coefficient (Wildman–Crippen LogP) is 1.08. The van der Waals surface area contributed by atoms with E-state index in [1.54, 1.807) is 0 Å². The lowest BCUT2D eigenvalue weighted by molar-refractivity contribution is 0.120. The second kappa shape index (κ2) is 4.13. The standard InChI is InChI=1S/C11H20N2/c1-5-10-9-13(8-7-12-10)11(3,4)6-2/h2,10,12H,5,7-9H2,1,3-4H3. The second-order valence-electron chi connectivity index (χ2n) is 4.21. The number of hydrogen-bond donors (Lipinski definition) is 1. The fourth-order valence-electron chi connectivity index (χ4n) is 1.70. The van der Waals surface area contributed by atoms with Crippen molar-refractivity contribution >= 4 is 0 Å². The highest BCUT2D eigenvalue weighted by molar-refractivity contribution is 5.09. The molecule has 1 unspecified atom stereocenters. The van der Waals surface area contributed by atoms with Crippen LogP contribution in [0.2, 0.25) is 0 Å². The van der Waals surface area contributed by atoms with Gasteiger partial charge < -0.3 is 5.32 Å². The fourth-order valence-corrected chi connectivity index (χ4v) is 1.70. The first-order valence-electron chi connectivity index (χ1n) is 5.06. The monoisotopic (exact) mass is 180 g/mol. The quantitative estimate of drug-likeness (QED) is 0.640. The van der Waals surface area contributed by atoms with Crippen molar-refractivity contribution in [1.29, 1.82) is 0 Å². The summed E-state index contributed by atoms with van der Waals surface area (Å²) in [7, 11) is 0. The molecule has 74 valence electrons. The Morgan fingerprint density at radius 2 is 2.31 bits per heavy atom. The molecule has 1 heterocycles. The molecule has 1 atom stereocenters. The summed E-state index contributed by atoms with van der Waals surface area (Å²) in [4.78, 5) is 2.39. The molecule has 0 aromatic carbocycles. The first-order valence-corrected chi connectivity index (χ1v) is 5.06. The molecule has 1 N–H and O–H groups in total. The van der Waals surface area contributed by atoms with Crippen LogP contribution in [0.4, 0.5) is 0 Å². The van der Waals surface area contributed by atoms with Gasteiger partial charge in [-0.1, -0.05) is 12.8 Å². The molecule has 0 radical (unpaired) electrons. The van der Waals surface area contributed by atoms with Crippen LogP contribution >= 0.6 is 0 Å². The van der Waals surface area contributed by atoms with E-state index in [9.17, 15) is 0 Å². The smallest absolute Gasteiger partial charge is 0.0767 e. The molecule has 0 aromatic heterocycles. The maximum atomic E-state index is 5.51. The normalized spacial score (nSPS) is 25.5. The van der Waals surface area contributed by atoms with Crippen LogP contribution in [0.3, 0.4) is 0 Å². The number of hydrogen-bond acceptors (Lipinski definition) is 2. The van der Waals surface area contributed by atoms with E-state index >= 15 is 0 Å². The lowest BCUT2D eigenvalue weighted by atomic mass is 10.0. The molecule has 2 heteroatoms. The molecule has 0 saturated carbocycles. The van der Waals surface area contributed by atoms with E-state index in [-0.39, 0.29) is 5.54 Å². The molecular weight excluding hydrogens is 160 g/mol. The Bertz CT molecular complexity index is 203. The van der Waals surface area contributed by atoms with Gasteiger partial charge in [-0.25, -0.2) is 0 Å². The van der Waals surface area contributed by atoms with Crippen molar-refractivity contribution in [2.75, 3.05) is 19.6 Å². The maximum Gasteiger partial charge on any atom is 0.0767 e. The number of terminal acetylenes is 1. The molecule has 1 saturated heterocycles. The van der Waals surface area contributed by atoms with Crippen LogP contribution in [-0.4, -0.2) is 36.1 Å². The molecule has 2 nitrogen and oxygen atoms in total. The van der Waals surface area contributed by atoms with Gasteiger partial charge >= 0.3 is 0 Å². The Balaban J connectivity index is 2.57. The molecule has 0 spiro atoms. The minimum atomic E-state index is -0.0878. The third kappa shape index (κ3) is 2.46. The highest BCUT2D eigenvalue weighted by Crippen LogP contribution is 2.15. The zero-order valence-electron chi connectivity index (χ0n) is 8.93. The van der Waals surface area contributed by atoms with E-state index < -0.39 is 0 Å². The predicted molar refractivity (Wildman–Crippen MR) is 56.6 cm³/mol. The highest BCUT2D eigenvalue weighted by atomic mass is 15.2. The Morgan fingerprint density at radius 1 is 1.62 bits per heavy atom. The molecule has 1 rings (SSSR count). The Morgan fingerprint density at radius 3 is 2.85 bits per heavy atom. The van der Waals surface area contributed by atoms with Crippen molar-refractivity contribution in [3.8, 4) is 12.3 Å². The lowest BCUT2D eigenvalue weighted by Gasteiger charge is -2.41. The molecule has 1 aliphatic heterocycles. The maximum absolute atomic E-state index is 5.51. The van der Waals surface area contributed by atoms with E-state index in [0.29, 0.717) is 6.04 Å². The van der Waals surface area contributed by atoms with Crippen molar-refractivity contribution < 1.29 is 0 Å². The SMILES string of the molecule is C#CC(C)(C)N1CCNC(CC)C1. The lowest BCUT2D eigenvalue weighted by Crippen LogP contribution is -2.56. The van der Waals surface area contributed by atoms with Gasteiger partial charge in [0.15, 0.2) is 0 Å². The Kier molecular flexibility index (Phi) is 3.35. The van der Waals surface area contributed by atoms with Gasteiger partial charge in [-0.05, 0) is 20.3 Å². The van der Waals surface area contributed by atoms with Crippen LogP contribution in [0.1, 0.15) is 27.2 Å². The third-order valence-electron chi connectivity index (χ3n) is 2.89. The summed E-state index contributed by atoms with van der Waals surface area (Å²) < 4.78 is 0. The molecule has 13 heavy (non-hydrogen) atoms. The minimum absolute atomic E-state index is 0.0878. The van der Waals surface area contributed by atoms with Gasteiger partial charge in [0, 0.05) is 25.7 Å². The van der Waals surface area contributed by atoms with Crippen LogP contribution in [0.25, 0.3) is 0 Å². The van der Waals surface area contributed by atoms with Gasteiger partial charge in [-0.3, -0.25) is 4.90 Å². The van der Waals surface area contributed by atoms with Gasteiger partial charge in [0.05, 0.1) is 5.54 Å². The van der Waals surface area contributed by atoms with Gasteiger partial charge in [0.25, 0.3) is 0 Å². The summed E-state index contributed by atoms with van der Waals surface area (Å²) in [5.74, 6) is 2.85. The molecule has 0 bridgehead atoms. The second-order valence-corrected chi connectivity index (χ2v) is 4.21. The van der Waals surface area contributed by atoms with E-state index in [1.807, 2.05) is 0 Å². The third-order valence-corrected chi connectivity index (χ3v) is 2.89. The average molecular weight is 180 g/mol. The fraction of sp³-hybridized carbons (Fsp3) is 0.818. The Hall–Kier alpha value is -0.520. The number of rotatable bonds is 2. The number of nitrogens with one attached hydrogen (secondary N) is 1. The zero-order chi connectivity index (χ0) is 9.90. The van der Waals surface area contributed by atoms with Gasteiger partial charge in [0.2, 0.25) is 0 Å². The van der Waals surface area contributed by atoms with Gasteiger partial charge in [-0.15, -0.1) is 6.42 Å². The van der Waals surface area contributed by atoms with Crippen molar-refractivity contribution in [2.45, 2.75) is 38.8 Å². The molecule has 0 aromatic rings. The molecule has 1 fully saturated rings. The van der Waals surface area contributed by atoms with Crippen molar-refractivity contribution in [3.63, 3.8) is 0 Å².